The normalized spacial score (nSPS) is 42.8. The molecule has 2 saturated carbocycles. The van der Waals surface area contributed by atoms with E-state index >= 15 is 0 Å². The van der Waals surface area contributed by atoms with Crippen molar-refractivity contribution in [2.75, 3.05) is 0 Å². The number of carbonyl (C=O) groups is 1. The Bertz CT molecular complexity index is 566. The van der Waals surface area contributed by atoms with Crippen LogP contribution < -0.4 is 0 Å². The highest BCUT2D eigenvalue weighted by molar-refractivity contribution is 14.1. The lowest BCUT2D eigenvalue weighted by Crippen LogP contribution is -2.42. The van der Waals surface area contributed by atoms with Crippen molar-refractivity contribution in [3.05, 3.63) is 35.4 Å². The molecule has 0 aromatic heterocycles. The van der Waals surface area contributed by atoms with E-state index in [0.717, 1.165) is 25.2 Å². The Morgan fingerprint density at radius 1 is 1.20 bits per heavy atom. The molecule has 0 amide bonds. The monoisotopic (exact) mass is 380 g/mol. The zero-order valence-electron chi connectivity index (χ0n) is 11.9. The Balaban J connectivity index is 1.77. The summed E-state index contributed by atoms with van der Waals surface area (Å²) in [4.78, 5) is 12.3. The number of hydrogen-bond donors (Lipinski definition) is 0. The highest BCUT2D eigenvalue weighted by Gasteiger charge is 2.55. The Hall–Kier alpha value is -0.380. The van der Waals surface area contributed by atoms with Crippen LogP contribution in [0, 0.1) is 17.3 Å². The zero-order chi connectivity index (χ0) is 13.9. The average Bonchev–Trinajstić information content (AvgIpc) is 2.76. The van der Waals surface area contributed by atoms with Crippen LogP contribution in [0.15, 0.2) is 24.3 Å². The molecule has 2 fully saturated rings. The standard InChI is InChI=1S/C18H21IO/c1-18-9-8-12-11-4-2-3-5-13(11)16(19)10-14(12)15(18)6-7-17(18)20/h2-5,12,14-16H,6-10H2,1H3/t12-,14-,15+,16?,18+/m1/s1. The summed E-state index contributed by atoms with van der Waals surface area (Å²) in [5.41, 5.74) is 3.15. The van der Waals surface area contributed by atoms with E-state index < -0.39 is 0 Å². The molecule has 1 aromatic rings. The van der Waals surface area contributed by atoms with E-state index in [1.165, 1.54) is 12.8 Å². The summed E-state index contributed by atoms with van der Waals surface area (Å²) in [6, 6.07) is 9.03. The van der Waals surface area contributed by atoms with Crippen LogP contribution >= 0.6 is 22.6 Å². The van der Waals surface area contributed by atoms with Gasteiger partial charge in [-0.2, -0.15) is 0 Å². The number of alkyl halides is 1. The van der Waals surface area contributed by atoms with Gasteiger partial charge in [0.25, 0.3) is 0 Å². The van der Waals surface area contributed by atoms with Crippen molar-refractivity contribution < 1.29 is 4.79 Å². The number of benzene rings is 1. The molecule has 4 rings (SSSR count). The van der Waals surface area contributed by atoms with Gasteiger partial charge in [0.2, 0.25) is 0 Å². The second-order valence-corrected chi connectivity index (χ2v) is 8.63. The highest BCUT2D eigenvalue weighted by atomic mass is 127. The first kappa shape index (κ1) is 13.3. The van der Waals surface area contributed by atoms with Gasteiger partial charge in [0, 0.05) is 15.8 Å². The molecule has 0 bridgehead atoms. The van der Waals surface area contributed by atoms with Gasteiger partial charge in [-0.1, -0.05) is 53.8 Å². The van der Waals surface area contributed by atoms with Crippen molar-refractivity contribution in [1.29, 1.82) is 0 Å². The molecule has 0 heterocycles. The minimum absolute atomic E-state index is 0.00378. The van der Waals surface area contributed by atoms with Crippen molar-refractivity contribution in [1.82, 2.24) is 0 Å². The van der Waals surface area contributed by atoms with Crippen molar-refractivity contribution in [2.24, 2.45) is 17.3 Å². The number of hydrogen-bond acceptors (Lipinski definition) is 1. The fraction of sp³-hybridized carbons (Fsp3) is 0.611. The lowest BCUT2D eigenvalue weighted by Gasteiger charge is -2.49. The van der Waals surface area contributed by atoms with Crippen LogP contribution in [0.25, 0.3) is 0 Å². The first-order valence-electron chi connectivity index (χ1n) is 7.87. The van der Waals surface area contributed by atoms with E-state index in [0.29, 0.717) is 21.5 Å². The molecule has 1 aromatic carbocycles. The van der Waals surface area contributed by atoms with Gasteiger partial charge in [-0.25, -0.2) is 0 Å². The molecular formula is C18H21IO. The minimum atomic E-state index is 0.00378. The molecule has 5 atom stereocenters. The van der Waals surface area contributed by atoms with Crippen LogP contribution in [0.3, 0.4) is 0 Å². The van der Waals surface area contributed by atoms with E-state index in [1.54, 1.807) is 11.1 Å². The number of fused-ring (bicyclic) bond motifs is 5. The van der Waals surface area contributed by atoms with E-state index in [4.69, 9.17) is 0 Å². The summed E-state index contributed by atoms with van der Waals surface area (Å²) in [5, 5.41) is 0. The molecule has 3 aliphatic rings. The number of Topliss-reactive ketones (excluding diaryl/α,β-unsaturated/α-hetero) is 1. The fourth-order valence-corrected chi connectivity index (χ4v) is 6.43. The number of rotatable bonds is 0. The molecular weight excluding hydrogens is 359 g/mol. The van der Waals surface area contributed by atoms with Crippen LogP contribution in [0.2, 0.25) is 0 Å². The molecule has 0 N–H and O–H groups in total. The average molecular weight is 380 g/mol. The number of ketones is 1. The van der Waals surface area contributed by atoms with Gasteiger partial charge in [-0.05, 0) is 54.6 Å². The Morgan fingerprint density at radius 3 is 2.75 bits per heavy atom. The molecule has 1 unspecified atom stereocenters. The molecule has 0 radical (unpaired) electrons. The summed E-state index contributed by atoms with van der Waals surface area (Å²) < 4.78 is 0.628. The Labute approximate surface area is 134 Å². The summed E-state index contributed by atoms with van der Waals surface area (Å²) in [6.07, 6.45) is 5.57. The van der Waals surface area contributed by atoms with Crippen LogP contribution in [0.5, 0.6) is 0 Å². The Kier molecular flexibility index (Phi) is 3.03. The van der Waals surface area contributed by atoms with E-state index in [1.807, 2.05) is 0 Å². The summed E-state index contributed by atoms with van der Waals surface area (Å²) in [6.45, 7) is 2.26. The van der Waals surface area contributed by atoms with Crippen LogP contribution in [-0.4, -0.2) is 5.78 Å². The third kappa shape index (κ3) is 1.69. The lowest BCUT2D eigenvalue weighted by atomic mass is 9.55. The first-order chi connectivity index (χ1) is 9.61. The van der Waals surface area contributed by atoms with Gasteiger partial charge in [0.05, 0.1) is 0 Å². The van der Waals surface area contributed by atoms with E-state index in [2.05, 4.69) is 53.8 Å². The summed E-state index contributed by atoms with van der Waals surface area (Å²) in [5.74, 6) is 2.63. The van der Waals surface area contributed by atoms with Crippen molar-refractivity contribution in [3.63, 3.8) is 0 Å². The molecule has 1 nitrogen and oxygen atoms in total. The fourth-order valence-electron chi connectivity index (χ4n) is 5.27. The third-order valence-electron chi connectivity index (χ3n) is 6.36. The topological polar surface area (TPSA) is 17.1 Å². The van der Waals surface area contributed by atoms with Crippen molar-refractivity contribution >= 4 is 28.4 Å². The van der Waals surface area contributed by atoms with Crippen LogP contribution in [-0.2, 0) is 4.79 Å². The molecule has 3 aliphatic carbocycles. The van der Waals surface area contributed by atoms with E-state index in [-0.39, 0.29) is 5.41 Å². The molecule has 2 heteroatoms. The summed E-state index contributed by atoms with van der Waals surface area (Å²) in [7, 11) is 0. The van der Waals surface area contributed by atoms with Gasteiger partial charge in [0.1, 0.15) is 5.78 Å². The molecule has 0 spiro atoms. The quantitative estimate of drug-likeness (QED) is 0.455. The maximum atomic E-state index is 12.3. The van der Waals surface area contributed by atoms with Crippen LogP contribution in [0.4, 0.5) is 0 Å². The highest BCUT2D eigenvalue weighted by Crippen LogP contribution is 2.61. The largest absolute Gasteiger partial charge is 0.299 e. The minimum Gasteiger partial charge on any atom is -0.299 e. The molecule has 0 aliphatic heterocycles. The number of halogens is 1. The van der Waals surface area contributed by atoms with Gasteiger partial charge in [-0.15, -0.1) is 0 Å². The van der Waals surface area contributed by atoms with E-state index in [9.17, 15) is 4.79 Å². The van der Waals surface area contributed by atoms with Gasteiger partial charge in [-0.3, -0.25) is 4.79 Å². The SMILES string of the molecule is C[C@]12CC[C@@H]3c4ccccc4C(I)C[C@H]3[C@@H]1CCC2=O. The third-order valence-corrected chi connectivity index (χ3v) is 7.54. The zero-order valence-corrected chi connectivity index (χ0v) is 14.1. The molecule has 106 valence electrons. The predicted molar refractivity (Wildman–Crippen MR) is 89.1 cm³/mol. The number of carbonyl (C=O) groups excluding carboxylic acids is 1. The van der Waals surface area contributed by atoms with Crippen LogP contribution in [0.1, 0.15) is 60.0 Å². The van der Waals surface area contributed by atoms with Crippen molar-refractivity contribution in [2.45, 2.75) is 48.9 Å². The second kappa shape index (κ2) is 4.56. The smallest absolute Gasteiger partial charge is 0.139 e. The second-order valence-electron chi connectivity index (χ2n) is 7.13. The first-order valence-corrected chi connectivity index (χ1v) is 9.12. The lowest BCUT2D eigenvalue weighted by molar-refractivity contribution is -0.129. The molecule has 20 heavy (non-hydrogen) atoms. The summed E-state index contributed by atoms with van der Waals surface area (Å²) >= 11 is 2.62. The van der Waals surface area contributed by atoms with Gasteiger partial charge in [0.15, 0.2) is 0 Å². The maximum absolute atomic E-state index is 12.3. The van der Waals surface area contributed by atoms with Gasteiger partial charge >= 0.3 is 0 Å². The van der Waals surface area contributed by atoms with Gasteiger partial charge < -0.3 is 0 Å². The van der Waals surface area contributed by atoms with Crippen molar-refractivity contribution in [3.8, 4) is 0 Å². The molecule has 0 saturated heterocycles. The Morgan fingerprint density at radius 2 is 1.95 bits per heavy atom. The maximum Gasteiger partial charge on any atom is 0.139 e. The predicted octanol–water partition coefficient (Wildman–Crippen LogP) is 5.05.